The minimum Gasteiger partial charge on any atom is -0.388 e. The van der Waals surface area contributed by atoms with E-state index in [4.69, 9.17) is 51.4 Å². The van der Waals surface area contributed by atoms with Crippen LogP contribution in [0.3, 0.4) is 0 Å². The van der Waals surface area contributed by atoms with Gasteiger partial charge in [0.1, 0.15) is 61.0 Å². The van der Waals surface area contributed by atoms with Crippen molar-refractivity contribution in [1.82, 2.24) is 0 Å². The molecule has 13 N–H and O–H groups in total. The minimum absolute atomic E-state index is 0.142. The monoisotopic (exact) mass is 652 g/mol. The van der Waals surface area contributed by atoms with Gasteiger partial charge >= 0.3 is 0 Å². The van der Waals surface area contributed by atoms with Crippen molar-refractivity contribution in [2.75, 3.05) is 26.4 Å². The SMILES string of the molecule is CCCCCCOC[C@H]1O[C@H](O[C@@H]2[C@@H](O)[C@H](O[C@H]3O[C@H](CN)[C@@H](O)[C@H](O)[C@H]3O)[C@@H](N)C[C@H]2N)[C@H](O)[C@@H](N)[C@@H]1OCCCCCC. The van der Waals surface area contributed by atoms with Crippen LogP contribution in [0.4, 0.5) is 0 Å². The molecule has 2 saturated heterocycles. The van der Waals surface area contributed by atoms with Crippen LogP contribution in [0, 0.1) is 0 Å². The van der Waals surface area contributed by atoms with Crippen molar-refractivity contribution in [2.45, 2.75) is 163 Å². The predicted molar refractivity (Wildman–Crippen MR) is 164 cm³/mol. The molecule has 2 heterocycles. The van der Waals surface area contributed by atoms with Gasteiger partial charge in [-0.25, -0.2) is 0 Å². The molecule has 0 amide bonds. The third kappa shape index (κ3) is 10.4. The van der Waals surface area contributed by atoms with Gasteiger partial charge in [-0.2, -0.15) is 0 Å². The number of hydrogen-bond donors (Lipinski definition) is 9. The largest absolute Gasteiger partial charge is 0.388 e. The predicted octanol–water partition coefficient (Wildman–Crippen LogP) is -2.08. The lowest BCUT2D eigenvalue weighted by Gasteiger charge is -2.48. The average molecular weight is 653 g/mol. The Morgan fingerprint density at radius 1 is 0.622 bits per heavy atom. The van der Waals surface area contributed by atoms with Gasteiger partial charge in [0.05, 0.1) is 12.6 Å². The molecule has 0 spiro atoms. The zero-order chi connectivity index (χ0) is 33.1. The standard InChI is InChI=1S/C30H60N4O11/c1-3-5-7-9-11-40-15-19-28(41-12-10-8-6-4-2)20(34)22(36)29(43-19)44-26-16(32)13-17(33)27(25(26)39)45-30-24(38)23(37)21(35)18(14-31)42-30/h16-30,35-39H,3-15,31-34H2,1-2H3/t16-,17+,18-,19-,20-,21-,22-,23+,24-,25-,26+,27-,28-,29-,30-/m1/s1. The van der Waals surface area contributed by atoms with Gasteiger partial charge in [-0.05, 0) is 19.3 Å². The summed E-state index contributed by atoms with van der Waals surface area (Å²) in [6.07, 6.45) is -6.32. The Morgan fingerprint density at radius 3 is 1.76 bits per heavy atom. The van der Waals surface area contributed by atoms with Gasteiger partial charge < -0.3 is 76.9 Å². The lowest BCUT2D eigenvalue weighted by atomic mass is 9.84. The van der Waals surface area contributed by atoms with Crippen LogP contribution in [0.1, 0.15) is 71.6 Å². The molecule has 2 aliphatic heterocycles. The molecule has 15 heteroatoms. The summed E-state index contributed by atoms with van der Waals surface area (Å²) in [6.45, 7) is 5.31. The summed E-state index contributed by atoms with van der Waals surface area (Å²) in [7, 11) is 0. The van der Waals surface area contributed by atoms with Crippen molar-refractivity contribution in [3.05, 3.63) is 0 Å². The molecule has 3 rings (SSSR count). The van der Waals surface area contributed by atoms with E-state index >= 15 is 0 Å². The van der Waals surface area contributed by atoms with E-state index in [-0.39, 0.29) is 19.6 Å². The number of rotatable bonds is 18. The number of hydrogen-bond acceptors (Lipinski definition) is 15. The molecule has 3 fully saturated rings. The first-order chi connectivity index (χ1) is 21.5. The van der Waals surface area contributed by atoms with E-state index in [2.05, 4.69) is 13.8 Å². The molecule has 266 valence electrons. The van der Waals surface area contributed by atoms with E-state index in [9.17, 15) is 25.5 Å². The molecular formula is C30H60N4O11. The van der Waals surface area contributed by atoms with Crippen LogP contribution in [0.15, 0.2) is 0 Å². The molecule has 0 bridgehead atoms. The van der Waals surface area contributed by atoms with E-state index in [0.29, 0.717) is 13.2 Å². The maximum Gasteiger partial charge on any atom is 0.187 e. The Bertz CT molecular complexity index is 820. The van der Waals surface area contributed by atoms with Gasteiger partial charge in [-0.1, -0.05) is 52.4 Å². The summed E-state index contributed by atoms with van der Waals surface area (Å²) >= 11 is 0. The maximum atomic E-state index is 11.4. The van der Waals surface area contributed by atoms with Crippen LogP contribution in [0.5, 0.6) is 0 Å². The molecule has 0 aromatic rings. The van der Waals surface area contributed by atoms with E-state index in [1.54, 1.807) is 0 Å². The lowest BCUT2D eigenvalue weighted by Crippen LogP contribution is -2.68. The highest BCUT2D eigenvalue weighted by molar-refractivity contribution is 5.01. The number of aliphatic hydroxyl groups excluding tert-OH is 5. The van der Waals surface area contributed by atoms with Crippen LogP contribution >= 0.6 is 0 Å². The zero-order valence-corrected chi connectivity index (χ0v) is 26.8. The third-order valence-electron chi connectivity index (χ3n) is 9.01. The van der Waals surface area contributed by atoms with Crippen molar-refractivity contribution in [3.63, 3.8) is 0 Å². The molecule has 15 atom stereocenters. The Labute approximate surface area is 266 Å². The Kier molecular flexibility index (Phi) is 16.8. The molecule has 15 nitrogen and oxygen atoms in total. The highest BCUT2D eigenvalue weighted by atomic mass is 16.7. The van der Waals surface area contributed by atoms with Crippen molar-refractivity contribution in [3.8, 4) is 0 Å². The minimum atomic E-state index is -1.64. The highest BCUT2D eigenvalue weighted by Crippen LogP contribution is 2.32. The molecule has 0 aromatic heterocycles. The van der Waals surface area contributed by atoms with Crippen molar-refractivity contribution in [2.24, 2.45) is 22.9 Å². The van der Waals surface area contributed by atoms with Crippen LogP contribution in [-0.4, -0.2) is 144 Å². The first-order valence-electron chi connectivity index (χ1n) is 16.7. The number of nitrogens with two attached hydrogens (primary N) is 4. The summed E-state index contributed by atoms with van der Waals surface area (Å²) in [6, 6.07) is -2.45. The van der Waals surface area contributed by atoms with Gasteiger partial charge in [0, 0.05) is 31.8 Å². The lowest BCUT2D eigenvalue weighted by molar-refractivity contribution is -0.333. The van der Waals surface area contributed by atoms with Gasteiger partial charge in [0.15, 0.2) is 12.6 Å². The first kappa shape index (κ1) is 38.8. The summed E-state index contributed by atoms with van der Waals surface area (Å²) in [5, 5.41) is 53.4. The Balaban J connectivity index is 1.68. The van der Waals surface area contributed by atoms with E-state index < -0.39 is 91.7 Å². The van der Waals surface area contributed by atoms with Crippen molar-refractivity contribution < 1.29 is 54.0 Å². The molecule has 0 unspecified atom stereocenters. The zero-order valence-electron chi connectivity index (χ0n) is 26.8. The van der Waals surface area contributed by atoms with Crippen LogP contribution < -0.4 is 22.9 Å². The fourth-order valence-electron chi connectivity index (χ4n) is 6.17. The van der Waals surface area contributed by atoms with E-state index in [0.717, 1.165) is 51.4 Å². The highest BCUT2D eigenvalue weighted by Gasteiger charge is 2.52. The van der Waals surface area contributed by atoms with Gasteiger partial charge in [0.2, 0.25) is 0 Å². The quantitative estimate of drug-likeness (QED) is 0.0720. The fourth-order valence-corrected chi connectivity index (χ4v) is 6.17. The second kappa shape index (κ2) is 19.4. The average Bonchev–Trinajstić information content (AvgIpc) is 3.02. The van der Waals surface area contributed by atoms with Crippen molar-refractivity contribution >= 4 is 0 Å². The van der Waals surface area contributed by atoms with Gasteiger partial charge in [0.25, 0.3) is 0 Å². The number of ether oxygens (including phenoxy) is 6. The van der Waals surface area contributed by atoms with E-state index in [1.165, 1.54) is 0 Å². The molecule has 3 aliphatic rings. The topological polar surface area (TPSA) is 261 Å². The molecule has 1 aliphatic carbocycles. The maximum absolute atomic E-state index is 11.4. The normalized spacial score (nSPS) is 42.6. The second-order valence-corrected chi connectivity index (χ2v) is 12.6. The third-order valence-corrected chi connectivity index (χ3v) is 9.01. The Morgan fingerprint density at radius 2 is 1.18 bits per heavy atom. The second-order valence-electron chi connectivity index (χ2n) is 12.6. The summed E-state index contributed by atoms with van der Waals surface area (Å²) in [5.41, 5.74) is 24.8. The molecule has 0 aromatic carbocycles. The smallest absolute Gasteiger partial charge is 0.187 e. The molecule has 45 heavy (non-hydrogen) atoms. The van der Waals surface area contributed by atoms with Gasteiger partial charge in [-0.15, -0.1) is 0 Å². The molecule has 0 radical (unpaired) electrons. The number of aliphatic hydroxyl groups is 5. The van der Waals surface area contributed by atoms with Crippen molar-refractivity contribution in [1.29, 1.82) is 0 Å². The summed E-state index contributed by atoms with van der Waals surface area (Å²) < 4.78 is 35.8. The Hall–Kier alpha value is -0.600. The number of unbranched alkanes of at least 4 members (excludes halogenated alkanes) is 6. The molecular weight excluding hydrogens is 592 g/mol. The summed E-state index contributed by atoms with van der Waals surface area (Å²) in [4.78, 5) is 0. The molecule has 1 saturated carbocycles. The summed E-state index contributed by atoms with van der Waals surface area (Å²) in [5.74, 6) is 0. The van der Waals surface area contributed by atoms with Crippen LogP contribution in [-0.2, 0) is 28.4 Å². The van der Waals surface area contributed by atoms with Gasteiger partial charge in [-0.3, -0.25) is 0 Å². The fraction of sp³-hybridized carbons (Fsp3) is 1.00. The van der Waals surface area contributed by atoms with Crippen LogP contribution in [0.25, 0.3) is 0 Å². The van der Waals surface area contributed by atoms with E-state index in [1.807, 2.05) is 0 Å². The van der Waals surface area contributed by atoms with Crippen LogP contribution in [0.2, 0.25) is 0 Å². The first-order valence-corrected chi connectivity index (χ1v) is 16.7.